The van der Waals surface area contributed by atoms with Crippen LogP contribution in [0.4, 0.5) is 4.79 Å². The molecule has 0 aromatic heterocycles. The summed E-state index contributed by atoms with van der Waals surface area (Å²) in [6.07, 6.45) is 1.55. The van der Waals surface area contributed by atoms with Gasteiger partial charge in [0.15, 0.2) is 0 Å². The Balaban J connectivity index is 1.71. The summed E-state index contributed by atoms with van der Waals surface area (Å²) in [5, 5.41) is 14.5. The fourth-order valence-electron chi connectivity index (χ4n) is 2.28. The highest BCUT2D eigenvalue weighted by Gasteiger charge is 2.25. The summed E-state index contributed by atoms with van der Waals surface area (Å²) < 4.78 is 5.38. The molecule has 2 atom stereocenters. The summed E-state index contributed by atoms with van der Waals surface area (Å²) in [5.41, 5.74) is 1.25. The van der Waals surface area contributed by atoms with E-state index in [2.05, 4.69) is 10.6 Å². The number of carboxylic acid groups (broad SMARTS) is 1. The van der Waals surface area contributed by atoms with Crippen LogP contribution in [-0.2, 0) is 11.2 Å². The molecule has 1 aliphatic heterocycles. The smallest absolute Gasteiger partial charge is 0.335 e. The Morgan fingerprint density at radius 1 is 1.33 bits per heavy atom. The molecule has 1 heterocycles. The first kappa shape index (κ1) is 15.3. The van der Waals surface area contributed by atoms with Crippen LogP contribution in [-0.4, -0.2) is 42.4 Å². The molecule has 114 valence electrons. The summed E-state index contributed by atoms with van der Waals surface area (Å²) in [6, 6.07) is 6.52. The van der Waals surface area contributed by atoms with Gasteiger partial charge in [-0.2, -0.15) is 0 Å². The highest BCUT2D eigenvalue weighted by molar-refractivity contribution is 5.87. The molecule has 1 fully saturated rings. The third kappa shape index (κ3) is 4.46. The first-order valence-electron chi connectivity index (χ1n) is 7.04. The molecule has 1 aliphatic rings. The van der Waals surface area contributed by atoms with Crippen LogP contribution in [0.15, 0.2) is 24.3 Å². The molecule has 2 amide bonds. The minimum absolute atomic E-state index is 0.0549. The van der Waals surface area contributed by atoms with E-state index in [-0.39, 0.29) is 23.7 Å². The van der Waals surface area contributed by atoms with Crippen LogP contribution in [0.2, 0.25) is 0 Å². The number of ether oxygens (including phenoxy) is 1. The Labute approximate surface area is 123 Å². The standard InChI is InChI=1S/C15H20N2O4/c1-10-13(7-9-21-10)17-15(20)16-8-6-11-2-4-12(5-3-11)14(18)19/h2-5,10,13H,6-9H2,1H3,(H,18,19)(H2,16,17,20). The van der Waals surface area contributed by atoms with Crippen LogP contribution in [0.3, 0.4) is 0 Å². The summed E-state index contributed by atoms with van der Waals surface area (Å²) in [5.74, 6) is -0.938. The van der Waals surface area contributed by atoms with E-state index >= 15 is 0 Å². The van der Waals surface area contributed by atoms with Crippen molar-refractivity contribution >= 4 is 12.0 Å². The van der Waals surface area contributed by atoms with Crippen molar-refractivity contribution in [2.24, 2.45) is 0 Å². The number of hydrogen-bond acceptors (Lipinski definition) is 3. The molecule has 21 heavy (non-hydrogen) atoms. The molecule has 0 saturated carbocycles. The maximum Gasteiger partial charge on any atom is 0.335 e. The van der Waals surface area contributed by atoms with Crippen molar-refractivity contribution in [2.45, 2.75) is 31.9 Å². The van der Waals surface area contributed by atoms with E-state index in [0.717, 1.165) is 12.0 Å². The van der Waals surface area contributed by atoms with E-state index in [4.69, 9.17) is 9.84 Å². The lowest BCUT2D eigenvalue weighted by Gasteiger charge is -2.16. The van der Waals surface area contributed by atoms with Gasteiger partial charge in [0.25, 0.3) is 0 Å². The van der Waals surface area contributed by atoms with Gasteiger partial charge in [-0.3, -0.25) is 0 Å². The zero-order valence-electron chi connectivity index (χ0n) is 12.0. The molecule has 1 aromatic rings. The fraction of sp³-hybridized carbons (Fsp3) is 0.467. The topological polar surface area (TPSA) is 87.7 Å². The highest BCUT2D eigenvalue weighted by Crippen LogP contribution is 2.12. The molecule has 1 aromatic carbocycles. The van der Waals surface area contributed by atoms with Gasteiger partial charge in [-0.1, -0.05) is 12.1 Å². The van der Waals surface area contributed by atoms with Crippen molar-refractivity contribution in [3.8, 4) is 0 Å². The Bertz CT molecular complexity index is 501. The zero-order chi connectivity index (χ0) is 15.2. The van der Waals surface area contributed by atoms with Gasteiger partial charge >= 0.3 is 12.0 Å². The lowest BCUT2D eigenvalue weighted by Crippen LogP contribution is -2.45. The second kappa shape index (κ2) is 7.08. The predicted molar refractivity (Wildman–Crippen MR) is 77.5 cm³/mol. The van der Waals surface area contributed by atoms with Crippen LogP contribution in [0.25, 0.3) is 0 Å². The maximum absolute atomic E-state index is 11.7. The van der Waals surface area contributed by atoms with Gasteiger partial charge in [0.1, 0.15) is 0 Å². The number of rotatable bonds is 5. The summed E-state index contributed by atoms with van der Waals surface area (Å²) in [6.45, 7) is 3.13. The van der Waals surface area contributed by atoms with E-state index < -0.39 is 5.97 Å². The molecule has 0 spiro atoms. The molecule has 6 heteroatoms. The number of aromatic carboxylic acids is 1. The molecule has 0 radical (unpaired) electrons. The van der Waals surface area contributed by atoms with Gasteiger partial charge in [0.05, 0.1) is 17.7 Å². The monoisotopic (exact) mass is 292 g/mol. The lowest BCUT2D eigenvalue weighted by atomic mass is 10.1. The van der Waals surface area contributed by atoms with Gasteiger partial charge in [-0.15, -0.1) is 0 Å². The number of hydrogen-bond donors (Lipinski definition) is 3. The molecule has 2 unspecified atom stereocenters. The minimum Gasteiger partial charge on any atom is -0.478 e. The molecule has 2 rings (SSSR count). The number of benzene rings is 1. The first-order valence-corrected chi connectivity index (χ1v) is 7.04. The second-order valence-corrected chi connectivity index (χ2v) is 5.12. The minimum atomic E-state index is -0.938. The SMILES string of the molecule is CC1OCCC1NC(=O)NCCc1ccc(C(=O)O)cc1. The first-order chi connectivity index (χ1) is 10.1. The third-order valence-electron chi connectivity index (χ3n) is 3.59. The highest BCUT2D eigenvalue weighted by atomic mass is 16.5. The van der Waals surface area contributed by atoms with Gasteiger partial charge in [-0.05, 0) is 37.5 Å². The number of nitrogens with one attached hydrogen (secondary N) is 2. The van der Waals surface area contributed by atoms with Crippen LogP contribution >= 0.6 is 0 Å². The number of carbonyl (C=O) groups excluding carboxylic acids is 1. The van der Waals surface area contributed by atoms with E-state index in [1.807, 2.05) is 6.92 Å². The molecular formula is C15H20N2O4. The molecular weight excluding hydrogens is 272 g/mol. The number of carbonyl (C=O) groups is 2. The van der Waals surface area contributed by atoms with Gasteiger partial charge in [0, 0.05) is 13.2 Å². The van der Waals surface area contributed by atoms with Crippen molar-refractivity contribution < 1.29 is 19.4 Å². The molecule has 0 aliphatic carbocycles. The van der Waals surface area contributed by atoms with E-state index in [1.54, 1.807) is 24.3 Å². The number of amides is 2. The molecule has 6 nitrogen and oxygen atoms in total. The van der Waals surface area contributed by atoms with E-state index in [0.29, 0.717) is 19.6 Å². The largest absolute Gasteiger partial charge is 0.478 e. The van der Waals surface area contributed by atoms with Crippen molar-refractivity contribution in [2.75, 3.05) is 13.2 Å². The van der Waals surface area contributed by atoms with Crippen molar-refractivity contribution in [3.05, 3.63) is 35.4 Å². The number of carboxylic acids is 1. The van der Waals surface area contributed by atoms with Crippen molar-refractivity contribution in [3.63, 3.8) is 0 Å². The summed E-state index contributed by atoms with van der Waals surface area (Å²) in [7, 11) is 0. The summed E-state index contributed by atoms with van der Waals surface area (Å²) >= 11 is 0. The van der Waals surface area contributed by atoms with Crippen LogP contribution in [0, 0.1) is 0 Å². The normalized spacial score (nSPS) is 21.0. The predicted octanol–water partition coefficient (Wildman–Crippen LogP) is 1.40. The fourth-order valence-corrected chi connectivity index (χ4v) is 2.28. The van der Waals surface area contributed by atoms with Crippen molar-refractivity contribution in [1.29, 1.82) is 0 Å². The van der Waals surface area contributed by atoms with Crippen LogP contribution in [0.1, 0.15) is 29.3 Å². The van der Waals surface area contributed by atoms with Gasteiger partial charge in [-0.25, -0.2) is 9.59 Å². The lowest BCUT2D eigenvalue weighted by molar-refractivity contribution is 0.0697. The maximum atomic E-state index is 11.7. The van der Waals surface area contributed by atoms with Gasteiger partial charge < -0.3 is 20.5 Å². The average Bonchev–Trinajstić information content (AvgIpc) is 2.85. The zero-order valence-corrected chi connectivity index (χ0v) is 12.0. The van der Waals surface area contributed by atoms with Crippen LogP contribution < -0.4 is 10.6 Å². The van der Waals surface area contributed by atoms with Crippen molar-refractivity contribution in [1.82, 2.24) is 10.6 Å². The molecule has 0 bridgehead atoms. The average molecular weight is 292 g/mol. The Kier molecular flexibility index (Phi) is 5.16. The summed E-state index contributed by atoms with van der Waals surface area (Å²) in [4.78, 5) is 22.5. The molecule has 1 saturated heterocycles. The Hall–Kier alpha value is -2.08. The third-order valence-corrected chi connectivity index (χ3v) is 3.59. The molecule has 3 N–H and O–H groups in total. The second-order valence-electron chi connectivity index (χ2n) is 5.12. The number of urea groups is 1. The Morgan fingerprint density at radius 2 is 2.05 bits per heavy atom. The van der Waals surface area contributed by atoms with E-state index in [1.165, 1.54) is 0 Å². The quantitative estimate of drug-likeness (QED) is 0.765. The van der Waals surface area contributed by atoms with E-state index in [9.17, 15) is 9.59 Å². The Morgan fingerprint density at radius 3 is 2.62 bits per heavy atom. The van der Waals surface area contributed by atoms with Gasteiger partial charge in [0.2, 0.25) is 0 Å². The van der Waals surface area contributed by atoms with Crippen LogP contribution in [0.5, 0.6) is 0 Å².